The number of nitrogens with zero attached hydrogens (tertiary/aromatic N) is 3. The van der Waals surface area contributed by atoms with Crippen LogP contribution in [0.4, 0.5) is 5.69 Å². The molecule has 0 aliphatic rings. The third kappa shape index (κ3) is 6.85. The number of aliphatic hydroxyl groups is 1. The molecule has 12 heteroatoms. The molecule has 2 aromatic carbocycles. The van der Waals surface area contributed by atoms with Gasteiger partial charge in [-0.2, -0.15) is 0 Å². The van der Waals surface area contributed by atoms with E-state index in [9.17, 15) is 19.8 Å². The fraction of sp³-hybridized carbons (Fsp3) is 0.238. The second-order valence-electron chi connectivity index (χ2n) is 6.72. The number of phenolic OH excluding ortho intramolecular Hbond substituents is 1. The van der Waals surface area contributed by atoms with Crippen molar-refractivity contribution in [2.24, 2.45) is 7.05 Å². The SMILES string of the molecule is COc1ccc(C(=O)NC(CO)c2nnc(SCC(=O)Nc3cccc(O)c3)n2C)cc1.Cl. The average Bonchev–Trinajstić information content (AvgIpc) is 3.16. The van der Waals surface area contributed by atoms with E-state index in [1.165, 1.54) is 19.2 Å². The number of amides is 2. The van der Waals surface area contributed by atoms with Crippen LogP contribution in [0.25, 0.3) is 0 Å². The molecule has 0 fully saturated rings. The van der Waals surface area contributed by atoms with E-state index in [0.717, 1.165) is 11.8 Å². The number of anilines is 1. The molecule has 0 saturated heterocycles. The number of aromatic nitrogens is 3. The number of rotatable bonds is 9. The molecule has 0 spiro atoms. The van der Waals surface area contributed by atoms with Crippen LogP contribution in [-0.2, 0) is 11.8 Å². The van der Waals surface area contributed by atoms with E-state index in [1.54, 1.807) is 48.0 Å². The highest BCUT2D eigenvalue weighted by Crippen LogP contribution is 2.21. The molecule has 4 N–H and O–H groups in total. The molecule has 176 valence electrons. The zero-order valence-electron chi connectivity index (χ0n) is 17.9. The van der Waals surface area contributed by atoms with E-state index in [2.05, 4.69) is 20.8 Å². The van der Waals surface area contributed by atoms with Crippen molar-refractivity contribution in [3.05, 3.63) is 59.9 Å². The number of carbonyl (C=O) groups is 2. The van der Waals surface area contributed by atoms with Crippen molar-refractivity contribution in [1.29, 1.82) is 0 Å². The lowest BCUT2D eigenvalue weighted by molar-refractivity contribution is -0.113. The maximum atomic E-state index is 12.5. The first kappa shape index (κ1) is 26.0. The second-order valence-corrected chi connectivity index (χ2v) is 7.67. The molecule has 0 bridgehead atoms. The number of nitrogens with one attached hydrogen (secondary N) is 2. The van der Waals surface area contributed by atoms with Crippen LogP contribution in [0, 0.1) is 0 Å². The van der Waals surface area contributed by atoms with Gasteiger partial charge in [0.05, 0.1) is 19.5 Å². The van der Waals surface area contributed by atoms with Gasteiger partial charge in [0, 0.05) is 24.4 Å². The number of aromatic hydroxyl groups is 1. The molecule has 3 aromatic rings. The van der Waals surface area contributed by atoms with Crippen LogP contribution >= 0.6 is 24.2 Å². The molecule has 0 radical (unpaired) electrons. The van der Waals surface area contributed by atoms with E-state index in [0.29, 0.717) is 28.0 Å². The summed E-state index contributed by atoms with van der Waals surface area (Å²) in [6.45, 7) is -0.378. The average molecular weight is 494 g/mol. The number of thioether (sulfide) groups is 1. The molecule has 3 rings (SSSR count). The number of aliphatic hydroxyl groups excluding tert-OH is 1. The minimum atomic E-state index is -0.780. The topological polar surface area (TPSA) is 139 Å². The molecule has 1 unspecified atom stereocenters. The summed E-state index contributed by atoms with van der Waals surface area (Å²) >= 11 is 1.15. The van der Waals surface area contributed by atoms with E-state index < -0.39 is 6.04 Å². The Hall–Kier alpha value is -3.28. The molecule has 0 saturated carbocycles. The van der Waals surface area contributed by atoms with E-state index >= 15 is 0 Å². The normalized spacial score (nSPS) is 11.2. The lowest BCUT2D eigenvalue weighted by Gasteiger charge is -2.16. The molecule has 1 atom stereocenters. The highest BCUT2D eigenvalue weighted by atomic mass is 35.5. The monoisotopic (exact) mass is 493 g/mol. The summed E-state index contributed by atoms with van der Waals surface area (Å²) in [6, 6.07) is 12.0. The predicted molar refractivity (Wildman–Crippen MR) is 126 cm³/mol. The lowest BCUT2D eigenvalue weighted by Crippen LogP contribution is -2.32. The zero-order chi connectivity index (χ0) is 23.1. The fourth-order valence-corrected chi connectivity index (χ4v) is 3.56. The molecular formula is C21H24ClN5O5S. The van der Waals surface area contributed by atoms with Crippen molar-refractivity contribution < 1.29 is 24.5 Å². The van der Waals surface area contributed by atoms with Crippen LogP contribution in [0.3, 0.4) is 0 Å². The Kier molecular flexibility index (Phi) is 9.52. The van der Waals surface area contributed by atoms with Crippen LogP contribution in [0.15, 0.2) is 53.7 Å². The van der Waals surface area contributed by atoms with Crippen LogP contribution < -0.4 is 15.4 Å². The molecule has 0 aliphatic carbocycles. The second kappa shape index (κ2) is 12.1. The highest BCUT2D eigenvalue weighted by Gasteiger charge is 2.22. The summed E-state index contributed by atoms with van der Waals surface area (Å²) in [5.74, 6) is 0.434. The Morgan fingerprint density at radius 3 is 2.55 bits per heavy atom. The molecular weight excluding hydrogens is 470 g/mol. The lowest BCUT2D eigenvalue weighted by atomic mass is 10.2. The minimum absolute atomic E-state index is 0. The van der Waals surface area contributed by atoms with E-state index in [-0.39, 0.29) is 42.3 Å². The van der Waals surface area contributed by atoms with Crippen molar-refractivity contribution in [2.45, 2.75) is 11.2 Å². The zero-order valence-corrected chi connectivity index (χ0v) is 19.5. The summed E-state index contributed by atoms with van der Waals surface area (Å²) < 4.78 is 6.69. The smallest absolute Gasteiger partial charge is 0.251 e. The van der Waals surface area contributed by atoms with Crippen LogP contribution in [0.2, 0.25) is 0 Å². The first-order chi connectivity index (χ1) is 15.4. The van der Waals surface area contributed by atoms with Crippen LogP contribution in [0.1, 0.15) is 22.2 Å². The van der Waals surface area contributed by atoms with Gasteiger partial charge in [-0.25, -0.2) is 0 Å². The summed E-state index contributed by atoms with van der Waals surface area (Å²) in [5, 5.41) is 33.2. The number of carbonyl (C=O) groups excluding carboxylic acids is 2. The van der Waals surface area contributed by atoms with Crippen LogP contribution in [-0.4, -0.2) is 56.3 Å². The van der Waals surface area contributed by atoms with Gasteiger partial charge in [0.1, 0.15) is 17.5 Å². The first-order valence-electron chi connectivity index (χ1n) is 9.58. The number of hydrogen-bond acceptors (Lipinski definition) is 8. The molecule has 1 heterocycles. The molecule has 1 aromatic heterocycles. The first-order valence-corrected chi connectivity index (χ1v) is 10.6. The number of hydrogen-bond donors (Lipinski definition) is 4. The third-order valence-corrected chi connectivity index (χ3v) is 5.50. The summed E-state index contributed by atoms with van der Waals surface area (Å²) in [5.41, 5.74) is 0.889. The van der Waals surface area contributed by atoms with E-state index in [1.807, 2.05) is 0 Å². The maximum absolute atomic E-state index is 12.5. The largest absolute Gasteiger partial charge is 0.508 e. The highest BCUT2D eigenvalue weighted by molar-refractivity contribution is 7.99. The summed E-state index contributed by atoms with van der Waals surface area (Å²) in [7, 11) is 3.23. The number of halogens is 1. The quantitative estimate of drug-likeness (QED) is 0.332. The Morgan fingerprint density at radius 1 is 1.18 bits per heavy atom. The van der Waals surface area contributed by atoms with Crippen molar-refractivity contribution in [2.75, 3.05) is 24.8 Å². The minimum Gasteiger partial charge on any atom is -0.508 e. The molecule has 10 nitrogen and oxygen atoms in total. The van der Waals surface area contributed by atoms with Gasteiger partial charge in [-0.15, -0.1) is 22.6 Å². The van der Waals surface area contributed by atoms with Gasteiger partial charge in [-0.05, 0) is 36.4 Å². The summed E-state index contributed by atoms with van der Waals surface area (Å²) in [6.07, 6.45) is 0. The third-order valence-electron chi connectivity index (χ3n) is 4.48. The molecule has 2 amide bonds. The maximum Gasteiger partial charge on any atom is 0.251 e. The fourth-order valence-electron chi connectivity index (χ4n) is 2.84. The Balaban J connectivity index is 0.00000385. The van der Waals surface area contributed by atoms with Crippen molar-refractivity contribution in [1.82, 2.24) is 20.1 Å². The van der Waals surface area contributed by atoms with Gasteiger partial charge >= 0.3 is 0 Å². The van der Waals surface area contributed by atoms with Crippen molar-refractivity contribution in [3.8, 4) is 11.5 Å². The Labute approximate surface area is 200 Å². The van der Waals surface area contributed by atoms with E-state index in [4.69, 9.17) is 4.74 Å². The van der Waals surface area contributed by atoms with Crippen LogP contribution in [0.5, 0.6) is 11.5 Å². The Morgan fingerprint density at radius 2 is 1.91 bits per heavy atom. The van der Waals surface area contributed by atoms with Gasteiger partial charge in [-0.1, -0.05) is 17.8 Å². The van der Waals surface area contributed by atoms with Gasteiger partial charge < -0.3 is 30.2 Å². The van der Waals surface area contributed by atoms with Gasteiger partial charge in [0.15, 0.2) is 11.0 Å². The number of phenols is 1. The van der Waals surface area contributed by atoms with Crippen molar-refractivity contribution in [3.63, 3.8) is 0 Å². The van der Waals surface area contributed by atoms with Gasteiger partial charge in [0.25, 0.3) is 5.91 Å². The number of ether oxygens (including phenoxy) is 1. The molecule has 0 aliphatic heterocycles. The molecule has 33 heavy (non-hydrogen) atoms. The summed E-state index contributed by atoms with van der Waals surface area (Å²) in [4.78, 5) is 24.7. The van der Waals surface area contributed by atoms with Gasteiger partial charge in [-0.3, -0.25) is 9.59 Å². The number of benzene rings is 2. The standard InChI is InChI=1S/C21H23N5O5S.ClH/c1-26-19(17(11-27)23-20(30)13-6-8-16(31-2)9-7-13)24-25-21(26)32-12-18(29)22-14-4-3-5-15(28)10-14;/h3-10,17,27-28H,11-12H2,1-2H3,(H,22,29)(H,23,30);1H. The van der Waals surface area contributed by atoms with Crippen molar-refractivity contribution >= 4 is 41.7 Å². The van der Waals surface area contributed by atoms with Gasteiger partial charge in [0.2, 0.25) is 5.91 Å². The number of methoxy groups -OCH3 is 1. The Bertz CT molecular complexity index is 1090. The predicted octanol–water partition coefficient (Wildman–Crippen LogP) is 2.15.